The van der Waals surface area contributed by atoms with E-state index < -0.39 is 0 Å². The van der Waals surface area contributed by atoms with Gasteiger partial charge in [0.1, 0.15) is 12.4 Å². The van der Waals surface area contributed by atoms with Crippen molar-refractivity contribution in [1.29, 1.82) is 0 Å². The Hall–Kier alpha value is -2.46. The first-order chi connectivity index (χ1) is 13.3. The van der Waals surface area contributed by atoms with Crippen LogP contribution in [0.5, 0.6) is 5.75 Å². The fourth-order valence-electron chi connectivity index (χ4n) is 2.76. The molecule has 0 saturated carbocycles. The van der Waals surface area contributed by atoms with E-state index in [1.807, 2.05) is 24.3 Å². The molecule has 0 N–H and O–H groups in total. The van der Waals surface area contributed by atoms with Gasteiger partial charge in [-0.25, -0.2) is 0 Å². The summed E-state index contributed by atoms with van der Waals surface area (Å²) < 4.78 is 5.74. The summed E-state index contributed by atoms with van der Waals surface area (Å²) >= 11 is 0. The summed E-state index contributed by atoms with van der Waals surface area (Å²) in [6, 6.07) is 16.6. The fourth-order valence-corrected chi connectivity index (χ4v) is 2.76. The lowest BCUT2D eigenvalue weighted by Crippen LogP contribution is -1.93. The second kappa shape index (κ2) is 12.8. The molecule has 0 aliphatic rings. The van der Waals surface area contributed by atoms with Crippen molar-refractivity contribution in [2.24, 2.45) is 0 Å². The number of hydrogen-bond donors (Lipinski definition) is 0. The highest BCUT2D eigenvalue weighted by atomic mass is 16.5. The van der Waals surface area contributed by atoms with Crippen LogP contribution in [0.25, 0.3) is 0 Å². The van der Waals surface area contributed by atoms with Gasteiger partial charge in [-0.2, -0.15) is 0 Å². The summed E-state index contributed by atoms with van der Waals surface area (Å²) in [4.78, 5) is 0. The van der Waals surface area contributed by atoms with Crippen LogP contribution in [0, 0.1) is 11.8 Å². The van der Waals surface area contributed by atoms with Crippen LogP contribution in [-0.4, -0.2) is 6.61 Å². The summed E-state index contributed by atoms with van der Waals surface area (Å²) in [5.41, 5.74) is 3.46. The molecule has 0 amide bonds. The second-order valence-electron chi connectivity index (χ2n) is 6.85. The van der Waals surface area contributed by atoms with Crippen LogP contribution >= 0.6 is 0 Å². The summed E-state index contributed by atoms with van der Waals surface area (Å²) in [7, 11) is 0. The van der Waals surface area contributed by atoms with Crippen molar-refractivity contribution in [2.45, 2.75) is 58.8 Å². The first-order valence-electron chi connectivity index (χ1n) is 10.3. The van der Waals surface area contributed by atoms with Crippen molar-refractivity contribution in [3.63, 3.8) is 0 Å². The van der Waals surface area contributed by atoms with Gasteiger partial charge >= 0.3 is 0 Å². The molecule has 0 fully saturated rings. The molecule has 0 heterocycles. The quantitative estimate of drug-likeness (QED) is 0.253. The Labute approximate surface area is 165 Å². The van der Waals surface area contributed by atoms with Crippen LogP contribution in [0.15, 0.2) is 60.7 Å². The normalized spacial score (nSPS) is 10.6. The number of unbranched alkanes of at least 4 members (excludes halogenated alkanes) is 4. The summed E-state index contributed by atoms with van der Waals surface area (Å²) in [6.45, 7) is 5.08. The molecule has 2 aromatic carbocycles. The van der Waals surface area contributed by atoms with Gasteiger partial charge in [0, 0.05) is 11.1 Å². The topological polar surface area (TPSA) is 9.23 Å². The molecule has 0 atom stereocenters. The van der Waals surface area contributed by atoms with Gasteiger partial charge in [-0.3, -0.25) is 0 Å². The number of aryl methyl sites for hydroxylation is 1. The molecule has 27 heavy (non-hydrogen) atoms. The Balaban J connectivity index is 1.79. The minimum Gasteiger partial charge on any atom is -0.490 e. The van der Waals surface area contributed by atoms with Gasteiger partial charge in [-0.15, -0.1) is 0 Å². The van der Waals surface area contributed by atoms with E-state index in [2.05, 4.69) is 62.1 Å². The van der Waals surface area contributed by atoms with Crippen LogP contribution in [-0.2, 0) is 6.42 Å². The second-order valence-corrected chi connectivity index (χ2v) is 6.85. The molecule has 2 aromatic rings. The predicted octanol–water partition coefficient (Wildman–Crippen LogP) is 6.94. The molecule has 1 nitrogen and oxygen atoms in total. The van der Waals surface area contributed by atoms with Crippen molar-refractivity contribution in [1.82, 2.24) is 0 Å². The molecule has 0 aliphatic heterocycles. The van der Waals surface area contributed by atoms with E-state index in [0.29, 0.717) is 6.61 Å². The van der Waals surface area contributed by atoms with E-state index in [1.165, 1.54) is 37.7 Å². The number of rotatable bonds is 10. The van der Waals surface area contributed by atoms with E-state index in [1.54, 1.807) is 0 Å². The third kappa shape index (κ3) is 8.65. The summed E-state index contributed by atoms with van der Waals surface area (Å²) in [5.74, 6) is 7.35. The Morgan fingerprint density at radius 2 is 1.37 bits per heavy atom. The van der Waals surface area contributed by atoms with Crippen LogP contribution in [0.3, 0.4) is 0 Å². The molecule has 0 bridgehead atoms. The van der Waals surface area contributed by atoms with Gasteiger partial charge in [0.15, 0.2) is 0 Å². The zero-order valence-corrected chi connectivity index (χ0v) is 16.8. The van der Waals surface area contributed by atoms with Gasteiger partial charge in [-0.05, 0) is 67.6 Å². The lowest BCUT2D eigenvalue weighted by atomic mass is 10.1. The molecule has 2 rings (SSSR count). The monoisotopic (exact) mass is 360 g/mol. The molecule has 0 aliphatic carbocycles. The van der Waals surface area contributed by atoms with E-state index in [9.17, 15) is 0 Å². The minimum absolute atomic E-state index is 0.627. The Kier molecular flexibility index (Phi) is 9.90. The number of ether oxygens (including phenoxy) is 1. The Bertz CT molecular complexity index is 727. The maximum absolute atomic E-state index is 5.74. The first-order valence-corrected chi connectivity index (χ1v) is 10.3. The molecular weight excluding hydrogens is 328 g/mol. The zero-order valence-electron chi connectivity index (χ0n) is 16.8. The van der Waals surface area contributed by atoms with E-state index in [-0.39, 0.29) is 0 Å². The van der Waals surface area contributed by atoms with Crippen LogP contribution in [0.1, 0.15) is 69.1 Å². The summed E-state index contributed by atoms with van der Waals surface area (Å²) in [5, 5.41) is 0. The molecule has 0 spiro atoms. The average Bonchev–Trinajstić information content (AvgIpc) is 2.71. The predicted molar refractivity (Wildman–Crippen MR) is 116 cm³/mol. The highest BCUT2D eigenvalue weighted by Crippen LogP contribution is 2.12. The number of hydrogen-bond acceptors (Lipinski definition) is 1. The highest BCUT2D eigenvalue weighted by molar-refractivity contribution is 5.44. The molecule has 0 aromatic heterocycles. The first kappa shape index (κ1) is 20.8. The third-order valence-electron chi connectivity index (χ3n) is 4.47. The minimum atomic E-state index is 0.627. The van der Waals surface area contributed by atoms with Gasteiger partial charge in [0.2, 0.25) is 0 Å². The van der Waals surface area contributed by atoms with Gasteiger partial charge in [0.05, 0.1) is 0 Å². The SMILES string of the molecule is CCCCCC=CCOc1ccc(C#Cc2ccc(CCCC)cc2)cc1. The number of benzene rings is 2. The largest absolute Gasteiger partial charge is 0.490 e. The van der Waals surface area contributed by atoms with Gasteiger partial charge in [0.25, 0.3) is 0 Å². The lowest BCUT2D eigenvalue weighted by molar-refractivity contribution is 0.362. The average molecular weight is 361 g/mol. The zero-order chi connectivity index (χ0) is 19.2. The number of allylic oxidation sites excluding steroid dienone is 1. The van der Waals surface area contributed by atoms with Gasteiger partial charge < -0.3 is 4.74 Å². The van der Waals surface area contributed by atoms with Crippen molar-refractivity contribution in [3.05, 3.63) is 77.4 Å². The Morgan fingerprint density at radius 1 is 0.741 bits per heavy atom. The van der Waals surface area contributed by atoms with E-state index in [4.69, 9.17) is 4.74 Å². The van der Waals surface area contributed by atoms with Crippen molar-refractivity contribution in [3.8, 4) is 17.6 Å². The standard InChI is InChI=1S/C26H32O/c1-3-5-7-8-9-10-22-27-26-20-18-25(19-21-26)17-16-24-14-12-23(13-15-24)11-6-4-2/h9-10,12-15,18-21H,3-8,11,22H2,1-2H3. The highest BCUT2D eigenvalue weighted by Gasteiger charge is 1.94. The van der Waals surface area contributed by atoms with Crippen molar-refractivity contribution < 1.29 is 4.74 Å². The van der Waals surface area contributed by atoms with E-state index in [0.717, 1.165) is 29.7 Å². The fraction of sp³-hybridized carbons (Fsp3) is 0.385. The third-order valence-corrected chi connectivity index (χ3v) is 4.47. The van der Waals surface area contributed by atoms with Crippen LogP contribution < -0.4 is 4.74 Å². The van der Waals surface area contributed by atoms with Gasteiger partial charge in [-0.1, -0.05) is 69.2 Å². The lowest BCUT2D eigenvalue weighted by Gasteiger charge is -2.02. The van der Waals surface area contributed by atoms with Crippen LogP contribution in [0.4, 0.5) is 0 Å². The smallest absolute Gasteiger partial charge is 0.119 e. The van der Waals surface area contributed by atoms with Crippen LogP contribution in [0.2, 0.25) is 0 Å². The molecule has 0 radical (unpaired) electrons. The molecule has 142 valence electrons. The van der Waals surface area contributed by atoms with E-state index >= 15 is 0 Å². The van der Waals surface area contributed by atoms with Crippen molar-refractivity contribution in [2.75, 3.05) is 6.61 Å². The molecule has 0 unspecified atom stereocenters. The Morgan fingerprint density at radius 3 is 2.00 bits per heavy atom. The molecule has 1 heteroatoms. The molecular formula is C26H32O. The maximum Gasteiger partial charge on any atom is 0.119 e. The molecule has 0 saturated heterocycles. The van der Waals surface area contributed by atoms with Crippen molar-refractivity contribution >= 4 is 0 Å². The summed E-state index contributed by atoms with van der Waals surface area (Å²) in [6.07, 6.45) is 12.9. The maximum atomic E-state index is 5.74.